The minimum atomic E-state index is -0.422. The topological polar surface area (TPSA) is 75.7 Å². The molecule has 0 fully saturated rings. The molecule has 0 spiro atoms. The largest absolute Gasteiger partial charge is 0.507 e. The number of rotatable bonds is 3. The maximum absolute atomic E-state index is 9.88. The van der Waals surface area contributed by atoms with Crippen LogP contribution in [-0.2, 0) is 4.74 Å². The van der Waals surface area contributed by atoms with E-state index in [4.69, 9.17) is 10.5 Å². The van der Waals surface area contributed by atoms with E-state index >= 15 is 0 Å². The highest BCUT2D eigenvalue weighted by atomic mass is 16.5. The average molecular weight is 245 g/mol. The minimum absolute atomic E-state index is 0.0441. The molecule has 0 saturated heterocycles. The predicted molar refractivity (Wildman–Crippen MR) is 69.5 cm³/mol. The Bertz CT molecular complexity index is 540. The number of benzene rings is 2. The van der Waals surface area contributed by atoms with Crippen LogP contribution in [0.5, 0.6) is 11.5 Å². The molecule has 0 amide bonds. The van der Waals surface area contributed by atoms with Crippen molar-refractivity contribution in [1.29, 1.82) is 0 Å². The lowest BCUT2D eigenvalue weighted by Crippen LogP contribution is -2.04. The second kappa shape index (κ2) is 4.98. The summed E-state index contributed by atoms with van der Waals surface area (Å²) < 4.78 is 5.40. The van der Waals surface area contributed by atoms with Gasteiger partial charge in [0.05, 0.1) is 5.69 Å². The molecular weight excluding hydrogens is 230 g/mol. The predicted octanol–water partition coefficient (Wildman–Crippen LogP) is 2.42. The van der Waals surface area contributed by atoms with Gasteiger partial charge >= 0.3 is 0 Å². The molecule has 0 radical (unpaired) electrons. The highest BCUT2D eigenvalue weighted by Gasteiger charge is 2.18. The van der Waals surface area contributed by atoms with Crippen molar-refractivity contribution in [2.75, 3.05) is 12.8 Å². The number of ether oxygens (including phenoxy) is 1. The molecule has 0 aliphatic heterocycles. The number of nitrogen functional groups attached to an aromatic ring is 1. The molecule has 2 aromatic carbocycles. The lowest BCUT2D eigenvalue weighted by molar-refractivity contribution is 0.134. The van der Waals surface area contributed by atoms with Crippen LogP contribution < -0.4 is 5.73 Å². The van der Waals surface area contributed by atoms with Crippen molar-refractivity contribution < 1.29 is 14.9 Å². The van der Waals surface area contributed by atoms with Crippen LogP contribution in [0.4, 0.5) is 5.69 Å². The van der Waals surface area contributed by atoms with Gasteiger partial charge in [-0.1, -0.05) is 30.3 Å². The summed E-state index contributed by atoms with van der Waals surface area (Å²) in [6.45, 7) is 0. The molecular formula is C14H15NO3. The molecule has 0 saturated carbocycles. The van der Waals surface area contributed by atoms with Crippen LogP contribution in [0, 0.1) is 0 Å². The van der Waals surface area contributed by atoms with Crippen LogP contribution in [0.15, 0.2) is 42.5 Å². The molecule has 4 N–H and O–H groups in total. The number of hydrogen-bond donors (Lipinski definition) is 3. The molecule has 0 aliphatic carbocycles. The van der Waals surface area contributed by atoms with Crippen molar-refractivity contribution in [1.82, 2.24) is 0 Å². The third-order valence-corrected chi connectivity index (χ3v) is 2.80. The van der Waals surface area contributed by atoms with Gasteiger partial charge in [0.2, 0.25) is 0 Å². The van der Waals surface area contributed by atoms with Gasteiger partial charge in [0.1, 0.15) is 17.6 Å². The van der Waals surface area contributed by atoms with Crippen LogP contribution in [0.1, 0.15) is 17.2 Å². The van der Waals surface area contributed by atoms with E-state index in [1.165, 1.54) is 12.1 Å². The van der Waals surface area contributed by atoms with Crippen molar-refractivity contribution in [3.05, 3.63) is 53.6 Å². The smallest absolute Gasteiger partial charge is 0.142 e. The average Bonchev–Trinajstić information content (AvgIpc) is 2.38. The van der Waals surface area contributed by atoms with Gasteiger partial charge in [0.25, 0.3) is 0 Å². The molecule has 4 heteroatoms. The maximum Gasteiger partial charge on any atom is 0.142 e. The third kappa shape index (κ3) is 2.24. The van der Waals surface area contributed by atoms with Crippen LogP contribution in [0.25, 0.3) is 0 Å². The Balaban J connectivity index is 2.49. The Kier molecular flexibility index (Phi) is 3.39. The number of methoxy groups -OCH3 is 1. The van der Waals surface area contributed by atoms with E-state index in [2.05, 4.69) is 0 Å². The van der Waals surface area contributed by atoms with Gasteiger partial charge in [-0.2, -0.15) is 0 Å². The SMILES string of the molecule is COC(c1ccccc1)c1cc(N)c(O)cc1O. The van der Waals surface area contributed by atoms with Crippen molar-refractivity contribution in [3.63, 3.8) is 0 Å². The molecule has 0 bridgehead atoms. The second-order valence-electron chi connectivity index (χ2n) is 4.00. The zero-order valence-corrected chi connectivity index (χ0v) is 10.00. The number of hydrogen-bond acceptors (Lipinski definition) is 4. The fourth-order valence-electron chi connectivity index (χ4n) is 1.89. The van der Waals surface area contributed by atoms with E-state index in [1.807, 2.05) is 30.3 Å². The van der Waals surface area contributed by atoms with Gasteiger partial charge in [-0.05, 0) is 11.6 Å². The highest BCUT2D eigenvalue weighted by Crippen LogP contribution is 2.37. The van der Waals surface area contributed by atoms with Crippen LogP contribution in [0.2, 0.25) is 0 Å². The first-order valence-corrected chi connectivity index (χ1v) is 5.52. The standard InChI is InChI=1S/C14H15NO3/c1-18-14(9-5-3-2-4-6-9)10-7-11(15)13(17)8-12(10)16/h2-8,14,16-17H,15H2,1H3. The third-order valence-electron chi connectivity index (χ3n) is 2.80. The maximum atomic E-state index is 9.88. The molecule has 1 unspecified atom stereocenters. The van der Waals surface area contributed by atoms with Crippen molar-refractivity contribution in [2.24, 2.45) is 0 Å². The molecule has 1 atom stereocenters. The minimum Gasteiger partial charge on any atom is -0.507 e. The summed E-state index contributed by atoms with van der Waals surface area (Å²) in [5, 5.41) is 19.3. The fourth-order valence-corrected chi connectivity index (χ4v) is 1.89. The van der Waals surface area contributed by atoms with Crippen molar-refractivity contribution in [3.8, 4) is 11.5 Å². The number of phenols is 2. The first-order valence-electron chi connectivity index (χ1n) is 5.52. The fraction of sp³-hybridized carbons (Fsp3) is 0.143. The van der Waals surface area contributed by atoms with Gasteiger partial charge in [-0.25, -0.2) is 0 Å². The molecule has 0 aromatic heterocycles. The number of aromatic hydroxyl groups is 2. The summed E-state index contributed by atoms with van der Waals surface area (Å²) >= 11 is 0. The van der Waals surface area contributed by atoms with E-state index in [1.54, 1.807) is 7.11 Å². The van der Waals surface area contributed by atoms with Crippen molar-refractivity contribution >= 4 is 5.69 Å². The van der Waals surface area contributed by atoms with Crippen LogP contribution in [-0.4, -0.2) is 17.3 Å². The van der Waals surface area contributed by atoms with Gasteiger partial charge in [0, 0.05) is 18.7 Å². The monoisotopic (exact) mass is 245 g/mol. The summed E-state index contributed by atoms with van der Waals surface area (Å²) in [5.41, 5.74) is 7.28. The van der Waals surface area contributed by atoms with Crippen LogP contribution >= 0.6 is 0 Å². The van der Waals surface area contributed by atoms with E-state index in [9.17, 15) is 10.2 Å². The van der Waals surface area contributed by atoms with Crippen LogP contribution in [0.3, 0.4) is 0 Å². The first-order chi connectivity index (χ1) is 8.63. The molecule has 2 rings (SSSR count). The van der Waals surface area contributed by atoms with Gasteiger partial charge in [-0.15, -0.1) is 0 Å². The molecule has 0 heterocycles. The number of nitrogens with two attached hydrogens (primary N) is 1. The van der Waals surface area contributed by atoms with Gasteiger partial charge in [0.15, 0.2) is 0 Å². The lowest BCUT2D eigenvalue weighted by Gasteiger charge is -2.18. The molecule has 18 heavy (non-hydrogen) atoms. The molecule has 0 aliphatic rings. The Morgan fingerprint density at radius 3 is 2.33 bits per heavy atom. The van der Waals surface area contributed by atoms with E-state index in [0.29, 0.717) is 5.56 Å². The second-order valence-corrected chi connectivity index (χ2v) is 4.00. The molecule has 4 nitrogen and oxygen atoms in total. The number of phenolic OH excluding ortho intramolecular Hbond substituents is 2. The molecule has 94 valence electrons. The zero-order valence-electron chi connectivity index (χ0n) is 10.00. The summed E-state index contributed by atoms with van der Waals surface area (Å²) in [5.74, 6) is -0.184. The summed E-state index contributed by atoms with van der Waals surface area (Å²) in [6, 6.07) is 12.2. The zero-order chi connectivity index (χ0) is 13.1. The van der Waals surface area contributed by atoms with Gasteiger partial charge in [-0.3, -0.25) is 0 Å². The number of anilines is 1. The Labute approximate surface area is 105 Å². The lowest BCUT2D eigenvalue weighted by atomic mass is 9.99. The quantitative estimate of drug-likeness (QED) is 0.441. The van der Waals surface area contributed by atoms with Gasteiger partial charge < -0.3 is 20.7 Å². The first kappa shape index (κ1) is 12.3. The van der Waals surface area contributed by atoms with Crippen molar-refractivity contribution in [2.45, 2.75) is 6.10 Å². The Hall–Kier alpha value is -2.20. The highest BCUT2D eigenvalue weighted by molar-refractivity contribution is 5.59. The summed E-state index contributed by atoms with van der Waals surface area (Å²) in [4.78, 5) is 0. The summed E-state index contributed by atoms with van der Waals surface area (Å²) in [6.07, 6.45) is -0.422. The van der Waals surface area contributed by atoms with E-state index in [-0.39, 0.29) is 17.2 Å². The molecule has 2 aromatic rings. The Morgan fingerprint density at radius 1 is 1.06 bits per heavy atom. The van der Waals surface area contributed by atoms with E-state index < -0.39 is 6.10 Å². The normalized spacial score (nSPS) is 12.3. The Morgan fingerprint density at radius 2 is 1.72 bits per heavy atom. The summed E-state index contributed by atoms with van der Waals surface area (Å²) in [7, 11) is 1.56. The van der Waals surface area contributed by atoms with E-state index in [0.717, 1.165) is 5.56 Å².